The van der Waals surface area contributed by atoms with Gasteiger partial charge in [0.15, 0.2) is 0 Å². The van der Waals surface area contributed by atoms with Crippen LogP contribution in [0.15, 0.2) is 12.5 Å². The van der Waals surface area contributed by atoms with Crippen molar-refractivity contribution in [1.29, 1.82) is 0 Å². The van der Waals surface area contributed by atoms with Gasteiger partial charge in [0.1, 0.15) is 6.33 Å². The quantitative estimate of drug-likeness (QED) is 0.828. The van der Waals surface area contributed by atoms with Crippen LogP contribution in [0.5, 0.6) is 5.88 Å². The minimum absolute atomic E-state index is 0.584. The van der Waals surface area contributed by atoms with Crippen LogP contribution in [0.25, 0.3) is 0 Å². The Kier molecular flexibility index (Phi) is 5.36. The molecule has 5 nitrogen and oxygen atoms in total. The summed E-state index contributed by atoms with van der Waals surface area (Å²) in [5, 5.41) is 3.26. The fraction of sp³-hybridized carbons (Fsp3) is 0.692. The first-order valence-electron chi connectivity index (χ1n) is 6.60. The van der Waals surface area contributed by atoms with Crippen molar-refractivity contribution < 1.29 is 9.47 Å². The summed E-state index contributed by atoms with van der Waals surface area (Å²) in [6, 6.07) is 0. The second-order valence-electron chi connectivity index (χ2n) is 4.50. The molecule has 0 bridgehead atoms. The van der Waals surface area contributed by atoms with Crippen molar-refractivity contribution in [3.63, 3.8) is 0 Å². The Labute approximate surface area is 108 Å². The molecule has 1 aromatic rings. The third-order valence-electron chi connectivity index (χ3n) is 3.11. The lowest BCUT2D eigenvalue weighted by molar-refractivity contribution is 0.0488. The first kappa shape index (κ1) is 13.2. The zero-order valence-electron chi connectivity index (χ0n) is 10.9. The topological polar surface area (TPSA) is 56.3 Å². The van der Waals surface area contributed by atoms with E-state index in [-0.39, 0.29) is 0 Å². The highest BCUT2D eigenvalue weighted by Gasteiger charge is 2.15. The van der Waals surface area contributed by atoms with Gasteiger partial charge in [-0.05, 0) is 25.3 Å². The summed E-state index contributed by atoms with van der Waals surface area (Å²) < 4.78 is 11.2. The molecule has 100 valence electrons. The second-order valence-corrected chi connectivity index (χ2v) is 4.50. The molecule has 2 heterocycles. The van der Waals surface area contributed by atoms with Crippen LogP contribution in [0.4, 0.5) is 0 Å². The Morgan fingerprint density at radius 2 is 2.28 bits per heavy atom. The number of aromatic nitrogens is 2. The fourth-order valence-corrected chi connectivity index (χ4v) is 1.97. The maximum Gasteiger partial charge on any atom is 0.220 e. The first-order chi connectivity index (χ1) is 8.90. The smallest absolute Gasteiger partial charge is 0.220 e. The summed E-state index contributed by atoms with van der Waals surface area (Å²) in [6.45, 7) is 6.17. The van der Waals surface area contributed by atoms with Crippen molar-refractivity contribution in [1.82, 2.24) is 15.3 Å². The monoisotopic (exact) mass is 251 g/mol. The maximum absolute atomic E-state index is 5.83. The van der Waals surface area contributed by atoms with E-state index in [0.717, 1.165) is 51.3 Å². The molecule has 0 atom stereocenters. The van der Waals surface area contributed by atoms with Crippen LogP contribution in [0.2, 0.25) is 0 Å². The lowest BCUT2D eigenvalue weighted by atomic mass is 10.0. The molecule has 0 aromatic carbocycles. The third-order valence-corrected chi connectivity index (χ3v) is 3.11. The van der Waals surface area contributed by atoms with E-state index < -0.39 is 0 Å². The van der Waals surface area contributed by atoms with Crippen molar-refractivity contribution in [2.75, 3.05) is 26.4 Å². The summed E-state index contributed by atoms with van der Waals surface area (Å²) >= 11 is 0. The SMILES string of the molecule is CCNCc1cncnc1OCC1CCOCC1. The lowest BCUT2D eigenvalue weighted by Gasteiger charge is -2.22. The molecule has 0 aliphatic carbocycles. The van der Waals surface area contributed by atoms with E-state index in [4.69, 9.17) is 9.47 Å². The molecule has 2 rings (SSSR count). The summed E-state index contributed by atoms with van der Waals surface area (Å²) in [4.78, 5) is 8.25. The van der Waals surface area contributed by atoms with Gasteiger partial charge in [-0.2, -0.15) is 0 Å². The summed E-state index contributed by atoms with van der Waals surface area (Å²) in [6.07, 6.45) is 5.50. The molecule has 0 amide bonds. The van der Waals surface area contributed by atoms with Gasteiger partial charge in [0.05, 0.1) is 6.61 Å². The van der Waals surface area contributed by atoms with Crippen LogP contribution in [0.1, 0.15) is 25.3 Å². The molecule has 5 heteroatoms. The average Bonchev–Trinajstić information content (AvgIpc) is 2.45. The van der Waals surface area contributed by atoms with Gasteiger partial charge in [0.2, 0.25) is 5.88 Å². The Hall–Kier alpha value is -1.20. The summed E-state index contributed by atoms with van der Waals surface area (Å²) in [5.41, 5.74) is 1.02. The zero-order valence-corrected chi connectivity index (χ0v) is 10.9. The van der Waals surface area contributed by atoms with Crippen molar-refractivity contribution in [2.45, 2.75) is 26.3 Å². The summed E-state index contributed by atoms with van der Waals surface area (Å²) in [5.74, 6) is 1.29. The molecule has 1 N–H and O–H groups in total. The van der Waals surface area contributed by atoms with Gasteiger partial charge in [-0.25, -0.2) is 9.97 Å². The largest absolute Gasteiger partial charge is 0.477 e. The standard InChI is InChI=1S/C13H21N3O2/c1-2-14-7-12-8-15-10-16-13(12)18-9-11-3-5-17-6-4-11/h8,10-11,14H,2-7,9H2,1H3. The van der Waals surface area contributed by atoms with Crippen molar-refractivity contribution >= 4 is 0 Å². The van der Waals surface area contributed by atoms with Crippen LogP contribution < -0.4 is 10.1 Å². The number of rotatable bonds is 6. The summed E-state index contributed by atoms with van der Waals surface area (Å²) in [7, 11) is 0. The highest BCUT2D eigenvalue weighted by molar-refractivity contribution is 5.21. The van der Waals surface area contributed by atoms with Crippen LogP contribution >= 0.6 is 0 Å². The molecule has 0 unspecified atom stereocenters. The Bertz CT molecular complexity index is 354. The minimum Gasteiger partial charge on any atom is -0.477 e. The highest BCUT2D eigenvalue weighted by Crippen LogP contribution is 2.18. The Morgan fingerprint density at radius 3 is 3.06 bits per heavy atom. The molecular formula is C13H21N3O2. The molecule has 0 saturated carbocycles. The predicted octanol–water partition coefficient (Wildman–Crippen LogP) is 1.39. The minimum atomic E-state index is 0.584. The van der Waals surface area contributed by atoms with E-state index in [2.05, 4.69) is 22.2 Å². The van der Waals surface area contributed by atoms with Crippen molar-refractivity contribution in [2.24, 2.45) is 5.92 Å². The number of hydrogen-bond acceptors (Lipinski definition) is 5. The van der Waals surface area contributed by atoms with Gasteiger partial charge >= 0.3 is 0 Å². The third kappa shape index (κ3) is 3.92. The van der Waals surface area contributed by atoms with E-state index in [1.807, 2.05) is 6.20 Å². The fourth-order valence-electron chi connectivity index (χ4n) is 1.97. The van der Waals surface area contributed by atoms with E-state index in [1.165, 1.54) is 6.33 Å². The number of nitrogens with one attached hydrogen (secondary N) is 1. The van der Waals surface area contributed by atoms with Crippen molar-refractivity contribution in [3.8, 4) is 5.88 Å². The van der Waals surface area contributed by atoms with Crippen molar-refractivity contribution in [3.05, 3.63) is 18.1 Å². The normalized spacial score (nSPS) is 16.7. The lowest BCUT2D eigenvalue weighted by Crippen LogP contribution is -2.22. The van der Waals surface area contributed by atoms with Crippen LogP contribution in [0, 0.1) is 5.92 Å². The molecule has 1 fully saturated rings. The van der Waals surface area contributed by atoms with Gasteiger partial charge in [0.25, 0.3) is 0 Å². The van der Waals surface area contributed by atoms with Crippen LogP contribution in [-0.4, -0.2) is 36.3 Å². The van der Waals surface area contributed by atoms with Crippen LogP contribution in [-0.2, 0) is 11.3 Å². The molecule has 0 spiro atoms. The zero-order chi connectivity index (χ0) is 12.6. The molecular weight excluding hydrogens is 230 g/mol. The second kappa shape index (κ2) is 7.28. The Morgan fingerprint density at radius 1 is 1.44 bits per heavy atom. The molecule has 0 radical (unpaired) electrons. The molecule has 1 saturated heterocycles. The number of nitrogens with zero attached hydrogens (tertiary/aromatic N) is 2. The highest BCUT2D eigenvalue weighted by atomic mass is 16.5. The number of ether oxygens (including phenoxy) is 2. The molecule has 1 aliphatic heterocycles. The van der Waals surface area contributed by atoms with Gasteiger partial charge in [0, 0.05) is 31.5 Å². The van der Waals surface area contributed by atoms with E-state index in [1.54, 1.807) is 0 Å². The van der Waals surface area contributed by atoms with E-state index in [0.29, 0.717) is 11.8 Å². The van der Waals surface area contributed by atoms with Gasteiger partial charge in [-0.15, -0.1) is 0 Å². The van der Waals surface area contributed by atoms with Gasteiger partial charge in [-0.3, -0.25) is 0 Å². The van der Waals surface area contributed by atoms with Gasteiger partial charge in [-0.1, -0.05) is 6.92 Å². The Balaban J connectivity index is 1.87. The maximum atomic E-state index is 5.83. The molecule has 18 heavy (non-hydrogen) atoms. The number of hydrogen-bond donors (Lipinski definition) is 1. The molecule has 1 aromatic heterocycles. The average molecular weight is 251 g/mol. The predicted molar refractivity (Wildman–Crippen MR) is 68.5 cm³/mol. The van der Waals surface area contributed by atoms with Crippen LogP contribution in [0.3, 0.4) is 0 Å². The van der Waals surface area contributed by atoms with Gasteiger partial charge < -0.3 is 14.8 Å². The van der Waals surface area contributed by atoms with E-state index in [9.17, 15) is 0 Å². The van der Waals surface area contributed by atoms with E-state index >= 15 is 0 Å². The molecule has 1 aliphatic rings. The first-order valence-corrected chi connectivity index (χ1v) is 6.60.